The lowest BCUT2D eigenvalue weighted by molar-refractivity contribution is 0.0292. The molecule has 1 unspecified atom stereocenters. The van der Waals surface area contributed by atoms with Crippen molar-refractivity contribution in [3.63, 3.8) is 0 Å². The molecule has 1 heterocycles. The molecular weight excluding hydrogens is 281 g/mol. The third-order valence-corrected chi connectivity index (χ3v) is 3.66. The summed E-state index contributed by atoms with van der Waals surface area (Å²) >= 11 is 6.00. The van der Waals surface area contributed by atoms with E-state index in [1.807, 2.05) is 26.8 Å². The molecule has 1 atom stereocenters. The van der Waals surface area contributed by atoms with Crippen LogP contribution in [0.4, 0.5) is 9.18 Å². The Balaban J connectivity index is 2.06. The van der Waals surface area contributed by atoms with Gasteiger partial charge in [-0.05, 0) is 38.8 Å². The normalized spacial score (nSPS) is 19.2. The van der Waals surface area contributed by atoms with Gasteiger partial charge in [0.1, 0.15) is 11.4 Å². The Hall–Kier alpha value is -1.29. The minimum Gasteiger partial charge on any atom is -0.444 e. The SMILES string of the molecule is CC(C)(C)OC(=O)N1CCC(c2cccc(F)c2Cl)C1. The number of rotatable bonds is 1. The van der Waals surface area contributed by atoms with Crippen LogP contribution in [0.25, 0.3) is 0 Å². The zero-order chi connectivity index (χ0) is 14.9. The Labute approximate surface area is 123 Å². The van der Waals surface area contributed by atoms with Crippen LogP contribution in [0.1, 0.15) is 38.7 Å². The summed E-state index contributed by atoms with van der Waals surface area (Å²) in [6, 6.07) is 4.80. The summed E-state index contributed by atoms with van der Waals surface area (Å²) in [6.07, 6.45) is 0.440. The van der Waals surface area contributed by atoms with E-state index >= 15 is 0 Å². The molecule has 1 aromatic carbocycles. The van der Waals surface area contributed by atoms with Gasteiger partial charge in [-0.15, -0.1) is 0 Å². The molecule has 0 spiro atoms. The van der Waals surface area contributed by atoms with Gasteiger partial charge in [-0.3, -0.25) is 0 Å². The first-order valence-corrected chi connectivity index (χ1v) is 7.07. The lowest BCUT2D eigenvalue weighted by Gasteiger charge is -2.24. The highest BCUT2D eigenvalue weighted by molar-refractivity contribution is 6.31. The summed E-state index contributed by atoms with van der Waals surface area (Å²) in [7, 11) is 0. The smallest absolute Gasteiger partial charge is 0.410 e. The molecule has 0 aromatic heterocycles. The highest BCUT2D eigenvalue weighted by atomic mass is 35.5. The number of hydrogen-bond acceptors (Lipinski definition) is 2. The molecule has 1 aliphatic heterocycles. The van der Waals surface area contributed by atoms with Crippen LogP contribution >= 0.6 is 11.6 Å². The third-order valence-electron chi connectivity index (χ3n) is 3.26. The molecule has 0 radical (unpaired) electrons. The number of carbonyl (C=O) groups excluding carboxylic acids is 1. The molecule has 1 saturated heterocycles. The van der Waals surface area contributed by atoms with Crippen LogP contribution < -0.4 is 0 Å². The van der Waals surface area contributed by atoms with Crippen LogP contribution in [-0.4, -0.2) is 29.7 Å². The van der Waals surface area contributed by atoms with Crippen LogP contribution in [0.5, 0.6) is 0 Å². The van der Waals surface area contributed by atoms with Gasteiger partial charge in [-0.25, -0.2) is 9.18 Å². The molecule has 1 amide bonds. The van der Waals surface area contributed by atoms with Gasteiger partial charge in [-0.2, -0.15) is 0 Å². The molecule has 2 rings (SSSR count). The van der Waals surface area contributed by atoms with E-state index in [9.17, 15) is 9.18 Å². The molecule has 5 heteroatoms. The number of halogens is 2. The maximum atomic E-state index is 13.5. The van der Waals surface area contributed by atoms with Crippen molar-refractivity contribution in [1.82, 2.24) is 4.90 Å². The molecule has 1 aromatic rings. The molecular formula is C15H19ClFNO2. The van der Waals surface area contributed by atoms with Crippen LogP contribution in [-0.2, 0) is 4.74 Å². The summed E-state index contributed by atoms with van der Waals surface area (Å²) in [6.45, 7) is 6.62. The summed E-state index contributed by atoms with van der Waals surface area (Å²) in [4.78, 5) is 13.6. The Morgan fingerprint density at radius 2 is 2.15 bits per heavy atom. The van der Waals surface area contributed by atoms with Crippen LogP contribution in [0.2, 0.25) is 5.02 Å². The fraction of sp³-hybridized carbons (Fsp3) is 0.533. The average molecular weight is 300 g/mol. The number of benzene rings is 1. The topological polar surface area (TPSA) is 29.5 Å². The number of ether oxygens (including phenoxy) is 1. The number of likely N-dealkylation sites (tertiary alicyclic amines) is 1. The zero-order valence-electron chi connectivity index (χ0n) is 12.0. The second kappa shape index (κ2) is 5.60. The lowest BCUT2D eigenvalue weighted by atomic mass is 9.98. The fourth-order valence-corrected chi connectivity index (χ4v) is 2.62. The summed E-state index contributed by atoms with van der Waals surface area (Å²) in [5.41, 5.74) is 0.254. The second-order valence-electron chi connectivity index (χ2n) is 6.06. The van der Waals surface area contributed by atoms with Crippen molar-refractivity contribution in [1.29, 1.82) is 0 Å². The van der Waals surface area contributed by atoms with Crippen molar-refractivity contribution in [3.05, 3.63) is 34.6 Å². The monoisotopic (exact) mass is 299 g/mol. The minimum absolute atomic E-state index is 0.0609. The van der Waals surface area contributed by atoms with Gasteiger partial charge in [0.05, 0.1) is 5.02 Å². The average Bonchev–Trinajstić information content (AvgIpc) is 2.80. The van der Waals surface area contributed by atoms with Gasteiger partial charge >= 0.3 is 6.09 Å². The van der Waals surface area contributed by atoms with Crippen molar-refractivity contribution in [3.8, 4) is 0 Å². The van der Waals surface area contributed by atoms with E-state index in [1.54, 1.807) is 11.0 Å². The first-order chi connectivity index (χ1) is 9.28. The van der Waals surface area contributed by atoms with Crippen molar-refractivity contribution in [2.24, 2.45) is 0 Å². The predicted octanol–water partition coefficient (Wildman–Crippen LogP) is 4.20. The Kier molecular flexibility index (Phi) is 4.23. The summed E-state index contributed by atoms with van der Waals surface area (Å²) in [5, 5.41) is 0.156. The van der Waals surface area contributed by atoms with Crippen molar-refractivity contribution < 1.29 is 13.9 Å². The van der Waals surface area contributed by atoms with E-state index in [4.69, 9.17) is 16.3 Å². The van der Waals surface area contributed by atoms with Gasteiger partial charge in [0.25, 0.3) is 0 Å². The molecule has 0 aliphatic carbocycles. The Morgan fingerprint density at radius 1 is 1.45 bits per heavy atom. The summed E-state index contributed by atoms with van der Waals surface area (Å²) in [5.74, 6) is -0.356. The molecule has 0 saturated carbocycles. The third kappa shape index (κ3) is 3.42. The minimum atomic E-state index is -0.508. The standard InChI is InChI=1S/C15H19ClFNO2/c1-15(2,3)20-14(19)18-8-7-10(9-18)11-5-4-6-12(17)13(11)16/h4-6,10H,7-9H2,1-3H3. The summed E-state index contributed by atoms with van der Waals surface area (Å²) < 4.78 is 18.8. The van der Waals surface area contributed by atoms with E-state index in [0.29, 0.717) is 13.1 Å². The fourth-order valence-electron chi connectivity index (χ4n) is 2.34. The molecule has 1 fully saturated rings. The number of hydrogen-bond donors (Lipinski definition) is 0. The van der Waals surface area contributed by atoms with Crippen LogP contribution in [0.15, 0.2) is 18.2 Å². The highest BCUT2D eigenvalue weighted by Gasteiger charge is 2.31. The van der Waals surface area contributed by atoms with Gasteiger partial charge in [0, 0.05) is 19.0 Å². The van der Waals surface area contributed by atoms with Crippen LogP contribution in [0, 0.1) is 5.82 Å². The highest BCUT2D eigenvalue weighted by Crippen LogP contribution is 2.33. The van der Waals surface area contributed by atoms with Gasteiger partial charge in [0.2, 0.25) is 0 Å². The molecule has 0 N–H and O–H groups in total. The molecule has 0 bridgehead atoms. The van der Waals surface area contributed by atoms with E-state index < -0.39 is 11.4 Å². The van der Waals surface area contributed by atoms with Crippen molar-refractivity contribution in [2.75, 3.05) is 13.1 Å². The Morgan fingerprint density at radius 3 is 2.80 bits per heavy atom. The van der Waals surface area contributed by atoms with E-state index in [2.05, 4.69) is 0 Å². The van der Waals surface area contributed by atoms with Crippen molar-refractivity contribution >= 4 is 17.7 Å². The van der Waals surface area contributed by atoms with Gasteiger partial charge < -0.3 is 9.64 Å². The molecule has 1 aliphatic rings. The number of amides is 1. The molecule has 3 nitrogen and oxygen atoms in total. The first kappa shape index (κ1) is 15.1. The van der Waals surface area contributed by atoms with E-state index in [0.717, 1.165) is 12.0 Å². The zero-order valence-corrected chi connectivity index (χ0v) is 12.7. The quantitative estimate of drug-likeness (QED) is 0.777. The maximum absolute atomic E-state index is 13.5. The lowest BCUT2D eigenvalue weighted by Crippen LogP contribution is -2.35. The van der Waals surface area contributed by atoms with Gasteiger partial charge in [0.15, 0.2) is 0 Å². The van der Waals surface area contributed by atoms with Crippen LogP contribution in [0.3, 0.4) is 0 Å². The number of carbonyl (C=O) groups is 1. The molecule has 110 valence electrons. The largest absolute Gasteiger partial charge is 0.444 e. The van der Waals surface area contributed by atoms with Gasteiger partial charge in [-0.1, -0.05) is 23.7 Å². The number of nitrogens with zero attached hydrogens (tertiary/aromatic N) is 1. The predicted molar refractivity (Wildman–Crippen MR) is 76.6 cm³/mol. The van der Waals surface area contributed by atoms with E-state index in [1.165, 1.54) is 6.07 Å². The second-order valence-corrected chi connectivity index (χ2v) is 6.43. The van der Waals surface area contributed by atoms with E-state index in [-0.39, 0.29) is 17.0 Å². The molecule has 20 heavy (non-hydrogen) atoms. The van der Waals surface area contributed by atoms with Crippen molar-refractivity contribution in [2.45, 2.75) is 38.7 Å². The maximum Gasteiger partial charge on any atom is 0.410 e. The Bertz CT molecular complexity index is 513. The first-order valence-electron chi connectivity index (χ1n) is 6.70.